The second-order valence-electron chi connectivity index (χ2n) is 6.21. The van der Waals surface area contributed by atoms with E-state index in [9.17, 15) is 13.6 Å². The zero-order valence-corrected chi connectivity index (χ0v) is 13.4. The van der Waals surface area contributed by atoms with Gasteiger partial charge in [0.05, 0.1) is 0 Å². The van der Waals surface area contributed by atoms with Crippen LogP contribution in [0, 0.1) is 11.6 Å². The lowest BCUT2D eigenvalue weighted by Gasteiger charge is -2.32. The molecule has 1 unspecified atom stereocenters. The van der Waals surface area contributed by atoms with Gasteiger partial charge in [0.25, 0.3) is 5.91 Å². The highest BCUT2D eigenvalue weighted by Gasteiger charge is 2.28. The van der Waals surface area contributed by atoms with Gasteiger partial charge in [-0.3, -0.25) is 9.20 Å². The number of pyridine rings is 1. The van der Waals surface area contributed by atoms with Gasteiger partial charge in [-0.1, -0.05) is 6.07 Å². The Morgan fingerprint density at radius 3 is 2.84 bits per heavy atom. The highest BCUT2D eigenvalue weighted by Crippen LogP contribution is 2.27. The molecule has 1 aliphatic rings. The van der Waals surface area contributed by atoms with E-state index in [1.54, 1.807) is 4.90 Å². The molecule has 1 aromatic carbocycles. The molecule has 0 bridgehead atoms. The molecule has 3 aromatic rings. The predicted molar refractivity (Wildman–Crippen MR) is 87.2 cm³/mol. The molecule has 0 N–H and O–H groups in total. The van der Waals surface area contributed by atoms with Crippen molar-refractivity contribution in [3.05, 3.63) is 65.6 Å². The normalized spacial score (nSPS) is 17.8. The van der Waals surface area contributed by atoms with E-state index in [1.807, 2.05) is 28.8 Å². The monoisotopic (exact) mass is 342 g/mol. The van der Waals surface area contributed by atoms with Crippen LogP contribution in [0.15, 0.2) is 42.6 Å². The van der Waals surface area contributed by atoms with Gasteiger partial charge in [0.15, 0.2) is 17.3 Å². The summed E-state index contributed by atoms with van der Waals surface area (Å²) < 4.78 is 28.4. The highest BCUT2D eigenvalue weighted by atomic mass is 19.2. The number of hydrogen-bond donors (Lipinski definition) is 0. The van der Waals surface area contributed by atoms with Gasteiger partial charge in [-0.05, 0) is 43.2 Å². The molecule has 7 heteroatoms. The topological polar surface area (TPSA) is 50.5 Å². The van der Waals surface area contributed by atoms with E-state index in [0.717, 1.165) is 36.4 Å². The van der Waals surface area contributed by atoms with E-state index in [4.69, 9.17) is 0 Å². The fourth-order valence-electron chi connectivity index (χ4n) is 3.32. The Morgan fingerprint density at radius 1 is 1.12 bits per heavy atom. The number of nitrogens with zero attached hydrogens (tertiary/aromatic N) is 4. The smallest absolute Gasteiger partial charge is 0.253 e. The van der Waals surface area contributed by atoms with E-state index in [0.29, 0.717) is 13.1 Å². The fraction of sp³-hybridized carbons (Fsp3) is 0.278. The second kappa shape index (κ2) is 6.23. The summed E-state index contributed by atoms with van der Waals surface area (Å²) in [6, 6.07) is 8.94. The van der Waals surface area contributed by atoms with Gasteiger partial charge >= 0.3 is 0 Å². The fourth-order valence-corrected chi connectivity index (χ4v) is 3.32. The van der Waals surface area contributed by atoms with Crippen LogP contribution < -0.4 is 0 Å². The van der Waals surface area contributed by atoms with Gasteiger partial charge in [0.1, 0.15) is 5.82 Å². The molecule has 3 heterocycles. The maximum atomic E-state index is 13.4. The number of aromatic nitrogens is 3. The zero-order chi connectivity index (χ0) is 17.4. The van der Waals surface area contributed by atoms with Crippen molar-refractivity contribution in [2.24, 2.45) is 0 Å². The Hall–Kier alpha value is -2.83. The molecule has 5 nitrogen and oxygen atoms in total. The molecule has 1 saturated heterocycles. The number of likely N-dealkylation sites (tertiary alicyclic amines) is 1. The molecular formula is C18H16F2N4O. The minimum absolute atomic E-state index is 0.0559. The van der Waals surface area contributed by atoms with Gasteiger partial charge in [-0.15, -0.1) is 10.2 Å². The van der Waals surface area contributed by atoms with Crippen molar-refractivity contribution >= 4 is 11.6 Å². The summed E-state index contributed by atoms with van der Waals surface area (Å²) in [5, 5.41) is 8.44. The van der Waals surface area contributed by atoms with E-state index in [-0.39, 0.29) is 17.4 Å². The van der Waals surface area contributed by atoms with Crippen LogP contribution in [0.5, 0.6) is 0 Å². The summed E-state index contributed by atoms with van der Waals surface area (Å²) in [4.78, 5) is 14.3. The SMILES string of the molecule is O=C(c1ccc(F)c(F)c1)N1CCCC(c2nnc3ccccn23)C1. The number of rotatable bonds is 2. The Bertz CT molecular complexity index is 940. The summed E-state index contributed by atoms with van der Waals surface area (Å²) >= 11 is 0. The summed E-state index contributed by atoms with van der Waals surface area (Å²) in [5.41, 5.74) is 0.923. The van der Waals surface area contributed by atoms with Crippen molar-refractivity contribution < 1.29 is 13.6 Å². The highest BCUT2D eigenvalue weighted by molar-refractivity contribution is 5.94. The van der Waals surface area contributed by atoms with Crippen molar-refractivity contribution in [1.82, 2.24) is 19.5 Å². The summed E-state index contributed by atoms with van der Waals surface area (Å²) in [6.07, 6.45) is 3.62. The molecule has 1 amide bonds. The summed E-state index contributed by atoms with van der Waals surface area (Å²) in [5.74, 6) is -1.39. The van der Waals surface area contributed by atoms with E-state index in [1.165, 1.54) is 6.07 Å². The Labute approximate surface area is 142 Å². The number of hydrogen-bond acceptors (Lipinski definition) is 3. The molecular weight excluding hydrogens is 326 g/mol. The molecule has 0 saturated carbocycles. The Morgan fingerprint density at radius 2 is 2.00 bits per heavy atom. The first kappa shape index (κ1) is 15.7. The van der Waals surface area contributed by atoms with Crippen LogP contribution in [0.3, 0.4) is 0 Å². The first-order valence-corrected chi connectivity index (χ1v) is 8.17. The molecule has 1 aliphatic heterocycles. The number of halogens is 2. The maximum Gasteiger partial charge on any atom is 0.253 e. The third-order valence-corrected chi connectivity index (χ3v) is 4.58. The first-order chi connectivity index (χ1) is 12.1. The van der Waals surface area contributed by atoms with E-state index in [2.05, 4.69) is 10.2 Å². The molecule has 128 valence electrons. The van der Waals surface area contributed by atoms with Crippen LogP contribution in [0.1, 0.15) is 34.9 Å². The minimum Gasteiger partial charge on any atom is -0.338 e. The van der Waals surface area contributed by atoms with Crippen LogP contribution in [-0.2, 0) is 0 Å². The second-order valence-corrected chi connectivity index (χ2v) is 6.21. The maximum absolute atomic E-state index is 13.4. The number of fused-ring (bicyclic) bond motifs is 1. The van der Waals surface area contributed by atoms with Crippen molar-refractivity contribution in [1.29, 1.82) is 0 Å². The summed E-state index contributed by atoms with van der Waals surface area (Å²) in [7, 11) is 0. The molecule has 0 radical (unpaired) electrons. The predicted octanol–water partition coefficient (Wildman–Crippen LogP) is 3.03. The minimum atomic E-state index is -1.01. The molecule has 0 spiro atoms. The van der Waals surface area contributed by atoms with E-state index >= 15 is 0 Å². The first-order valence-electron chi connectivity index (χ1n) is 8.17. The van der Waals surface area contributed by atoms with Crippen LogP contribution in [0.4, 0.5) is 8.78 Å². The van der Waals surface area contributed by atoms with Crippen molar-refractivity contribution in [2.45, 2.75) is 18.8 Å². The van der Waals surface area contributed by atoms with Crippen LogP contribution in [-0.4, -0.2) is 38.5 Å². The van der Waals surface area contributed by atoms with Gasteiger partial charge in [-0.2, -0.15) is 0 Å². The number of benzene rings is 1. The third-order valence-electron chi connectivity index (χ3n) is 4.58. The zero-order valence-electron chi connectivity index (χ0n) is 13.4. The molecule has 2 aromatic heterocycles. The average Bonchev–Trinajstić information content (AvgIpc) is 3.08. The molecule has 1 fully saturated rings. The molecule has 0 aliphatic carbocycles. The quantitative estimate of drug-likeness (QED) is 0.719. The van der Waals surface area contributed by atoms with Gasteiger partial charge < -0.3 is 4.90 Å². The average molecular weight is 342 g/mol. The van der Waals surface area contributed by atoms with Crippen LogP contribution in [0.2, 0.25) is 0 Å². The third kappa shape index (κ3) is 2.86. The van der Waals surface area contributed by atoms with Gasteiger partial charge in [0.2, 0.25) is 0 Å². The number of amides is 1. The standard InChI is InChI=1S/C18H16F2N4O/c19-14-7-6-12(10-15(14)20)18(25)23-8-3-4-13(11-23)17-22-21-16-5-1-2-9-24(16)17/h1-2,5-7,9-10,13H,3-4,8,11H2. The van der Waals surface area contributed by atoms with Crippen molar-refractivity contribution in [3.8, 4) is 0 Å². The molecule has 1 atom stereocenters. The van der Waals surface area contributed by atoms with E-state index < -0.39 is 11.6 Å². The Kier molecular flexibility index (Phi) is 3.91. The lowest BCUT2D eigenvalue weighted by Crippen LogP contribution is -2.39. The molecule has 4 rings (SSSR count). The number of carbonyl (C=O) groups is 1. The van der Waals surface area contributed by atoms with Crippen LogP contribution in [0.25, 0.3) is 5.65 Å². The molecule has 25 heavy (non-hydrogen) atoms. The van der Waals surface area contributed by atoms with Crippen LogP contribution >= 0.6 is 0 Å². The van der Waals surface area contributed by atoms with Gasteiger partial charge in [0, 0.05) is 30.8 Å². The largest absolute Gasteiger partial charge is 0.338 e. The summed E-state index contributed by atoms with van der Waals surface area (Å²) in [6.45, 7) is 1.07. The number of piperidine rings is 1. The lowest BCUT2D eigenvalue weighted by atomic mass is 9.96. The number of carbonyl (C=O) groups excluding carboxylic acids is 1. The van der Waals surface area contributed by atoms with Gasteiger partial charge in [-0.25, -0.2) is 8.78 Å². The Balaban J connectivity index is 1.58. The van der Waals surface area contributed by atoms with Crippen molar-refractivity contribution in [2.75, 3.05) is 13.1 Å². The lowest BCUT2D eigenvalue weighted by molar-refractivity contribution is 0.0703. The van der Waals surface area contributed by atoms with Crippen molar-refractivity contribution in [3.63, 3.8) is 0 Å².